The highest BCUT2D eigenvalue weighted by molar-refractivity contribution is 6.07. The third kappa shape index (κ3) is 4.51. The molecule has 0 unspecified atom stereocenters. The molecule has 4 aromatic rings. The second-order valence-electron chi connectivity index (χ2n) is 11.6. The molecule has 1 amide bonds. The lowest BCUT2D eigenvalue weighted by Gasteiger charge is -2.37. The summed E-state index contributed by atoms with van der Waals surface area (Å²) in [5.41, 5.74) is 8.42. The molecule has 0 aliphatic carbocycles. The number of methoxy groups -OCH3 is 1. The Kier molecular flexibility index (Phi) is 6.40. The molecular weight excluding hydrogens is 516 g/mol. The molecule has 8 heteroatoms. The van der Waals surface area contributed by atoms with E-state index in [4.69, 9.17) is 14.0 Å². The topological polar surface area (TPSA) is 80.9 Å². The Hall–Kier alpha value is -4.01. The van der Waals surface area contributed by atoms with E-state index in [-0.39, 0.29) is 17.9 Å². The van der Waals surface area contributed by atoms with Gasteiger partial charge in [-0.1, -0.05) is 29.4 Å². The largest absolute Gasteiger partial charge is 0.492 e. The molecule has 210 valence electrons. The van der Waals surface area contributed by atoms with Crippen LogP contribution in [0.5, 0.6) is 5.75 Å². The van der Waals surface area contributed by atoms with Crippen LogP contribution in [0.15, 0.2) is 59.1 Å². The fourth-order valence-electron chi connectivity index (χ4n) is 6.54. The number of carbonyl (C=O) groups is 1. The van der Waals surface area contributed by atoms with E-state index >= 15 is 0 Å². The van der Waals surface area contributed by atoms with Crippen LogP contribution in [-0.2, 0) is 23.2 Å². The highest BCUT2D eigenvalue weighted by Crippen LogP contribution is 2.49. The van der Waals surface area contributed by atoms with Gasteiger partial charge < -0.3 is 23.8 Å². The minimum Gasteiger partial charge on any atom is -0.492 e. The SMILES string of the molecule is COCc1nc(-c2ccc(-c3ccc(C(=O)N4CCc5cc6c(cc54)C4(CCN(C)CC4)CO6)cc3)c(C)c2)no1. The zero-order valence-corrected chi connectivity index (χ0v) is 23.8. The first-order valence-corrected chi connectivity index (χ1v) is 14.3. The van der Waals surface area contributed by atoms with Crippen molar-refractivity contribution in [2.24, 2.45) is 0 Å². The van der Waals surface area contributed by atoms with Crippen LogP contribution < -0.4 is 9.64 Å². The second-order valence-corrected chi connectivity index (χ2v) is 11.6. The van der Waals surface area contributed by atoms with E-state index < -0.39 is 0 Å². The monoisotopic (exact) mass is 550 g/mol. The summed E-state index contributed by atoms with van der Waals surface area (Å²) in [4.78, 5) is 22.5. The summed E-state index contributed by atoms with van der Waals surface area (Å²) in [5, 5.41) is 4.06. The van der Waals surface area contributed by atoms with Gasteiger partial charge in [0, 0.05) is 41.4 Å². The highest BCUT2D eigenvalue weighted by Gasteiger charge is 2.44. The minimum atomic E-state index is 0.0441. The number of aryl methyl sites for hydroxylation is 1. The molecule has 1 spiro atoms. The molecule has 0 N–H and O–H groups in total. The van der Waals surface area contributed by atoms with Crippen LogP contribution in [0.3, 0.4) is 0 Å². The molecule has 0 bridgehead atoms. The molecule has 3 aromatic carbocycles. The molecule has 1 fully saturated rings. The first kappa shape index (κ1) is 25.9. The van der Waals surface area contributed by atoms with Crippen LogP contribution in [0, 0.1) is 6.92 Å². The molecule has 0 atom stereocenters. The molecule has 0 saturated carbocycles. The number of fused-ring (bicyclic) bond motifs is 3. The molecule has 1 saturated heterocycles. The Morgan fingerprint density at radius 1 is 1.02 bits per heavy atom. The number of hydrogen-bond acceptors (Lipinski definition) is 7. The zero-order valence-electron chi connectivity index (χ0n) is 23.8. The lowest BCUT2D eigenvalue weighted by molar-refractivity contribution is 0.0989. The van der Waals surface area contributed by atoms with E-state index in [2.05, 4.69) is 53.3 Å². The summed E-state index contributed by atoms with van der Waals surface area (Å²) < 4.78 is 16.5. The first-order valence-electron chi connectivity index (χ1n) is 14.3. The number of likely N-dealkylation sites (tertiary alicyclic amines) is 1. The average Bonchev–Trinajstić information content (AvgIpc) is 3.71. The van der Waals surface area contributed by atoms with Crippen molar-refractivity contribution in [3.63, 3.8) is 0 Å². The maximum Gasteiger partial charge on any atom is 0.258 e. The lowest BCUT2D eigenvalue weighted by atomic mass is 9.74. The summed E-state index contributed by atoms with van der Waals surface area (Å²) in [5.74, 6) is 2.05. The van der Waals surface area contributed by atoms with E-state index in [1.54, 1.807) is 7.11 Å². The fourth-order valence-corrected chi connectivity index (χ4v) is 6.54. The maximum absolute atomic E-state index is 13.7. The third-order valence-corrected chi connectivity index (χ3v) is 9.00. The number of hydrogen-bond donors (Lipinski definition) is 0. The number of nitrogens with zero attached hydrogens (tertiary/aromatic N) is 4. The zero-order chi connectivity index (χ0) is 28.1. The van der Waals surface area contributed by atoms with Gasteiger partial charge >= 0.3 is 0 Å². The average molecular weight is 551 g/mol. The normalized spacial score (nSPS) is 17.5. The van der Waals surface area contributed by atoms with Crippen molar-refractivity contribution in [3.8, 4) is 28.3 Å². The van der Waals surface area contributed by atoms with Crippen LogP contribution in [0.2, 0.25) is 0 Å². The van der Waals surface area contributed by atoms with Crippen LogP contribution in [-0.4, -0.2) is 61.3 Å². The number of piperidine rings is 1. The van der Waals surface area contributed by atoms with Gasteiger partial charge in [-0.25, -0.2) is 0 Å². The van der Waals surface area contributed by atoms with Gasteiger partial charge in [-0.05, 0) is 98.9 Å². The van der Waals surface area contributed by atoms with Gasteiger partial charge in [0.25, 0.3) is 11.8 Å². The van der Waals surface area contributed by atoms with E-state index in [1.165, 1.54) is 11.1 Å². The van der Waals surface area contributed by atoms with Crippen molar-refractivity contribution in [1.82, 2.24) is 15.0 Å². The Bertz CT molecular complexity index is 1620. The van der Waals surface area contributed by atoms with Gasteiger partial charge in [-0.3, -0.25) is 4.79 Å². The number of amides is 1. The predicted octanol–water partition coefficient (Wildman–Crippen LogP) is 5.42. The van der Waals surface area contributed by atoms with Crippen LogP contribution >= 0.6 is 0 Å². The first-order chi connectivity index (χ1) is 19.9. The molecule has 3 aliphatic rings. The summed E-state index contributed by atoms with van der Waals surface area (Å²) in [6.45, 7) is 5.94. The molecule has 0 radical (unpaired) electrons. The Balaban J connectivity index is 1.11. The van der Waals surface area contributed by atoms with Gasteiger partial charge in [0.2, 0.25) is 5.82 Å². The Morgan fingerprint density at radius 3 is 2.56 bits per heavy atom. The fraction of sp³-hybridized carbons (Fsp3) is 0.364. The van der Waals surface area contributed by atoms with Crippen LogP contribution in [0.1, 0.15) is 45.8 Å². The van der Waals surface area contributed by atoms with E-state index in [1.807, 2.05) is 35.2 Å². The molecule has 8 nitrogen and oxygen atoms in total. The van der Waals surface area contributed by atoms with Gasteiger partial charge in [0.1, 0.15) is 12.4 Å². The number of anilines is 1. The smallest absolute Gasteiger partial charge is 0.258 e. The third-order valence-electron chi connectivity index (χ3n) is 9.00. The quantitative estimate of drug-likeness (QED) is 0.328. The molecular formula is C33H34N4O4. The van der Waals surface area contributed by atoms with Crippen molar-refractivity contribution < 1.29 is 18.8 Å². The maximum atomic E-state index is 13.7. The van der Waals surface area contributed by atoms with E-state index in [0.29, 0.717) is 23.8 Å². The summed E-state index contributed by atoms with van der Waals surface area (Å²) in [6.07, 6.45) is 3.04. The molecule has 4 heterocycles. The number of carbonyl (C=O) groups excluding carboxylic acids is 1. The molecule has 7 rings (SSSR count). The van der Waals surface area contributed by atoms with Gasteiger partial charge in [0.05, 0.1) is 6.61 Å². The lowest BCUT2D eigenvalue weighted by Crippen LogP contribution is -2.42. The van der Waals surface area contributed by atoms with Gasteiger partial charge in [0.15, 0.2) is 0 Å². The van der Waals surface area contributed by atoms with Gasteiger partial charge in [-0.15, -0.1) is 0 Å². The van der Waals surface area contributed by atoms with Crippen LogP contribution in [0.4, 0.5) is 5.69 Å². The van der Waals surface area contributed by atoms with Crippen molar-refractivity contribution in [1.29, 1.82) is 0 Å². The number of benzene rings is 3. The van der Waals surface area contributed by atoms with Crippen molar-refractivity contribution in [2.75, 3.05) is 45.3 Å². The van der Waals surface area contributed by atoms with E-state index in [0.717, 1.165) is 72.6 Å². The second kappa shape index (κ2) is 10.1. The number of rotatable bonds is 5. The summed E-state index contributed by atoms with van der Waals surface area (Å²) >= 11 is 0. The molecule has 41 heavy (non-hydrogen) atoms. The Morgan fingerprint density at radius 2 is 1.80 bits per heavy atom. The van der Waals surface area contributed by atoms with Crippen molar-refractivity contribution in [3.05, 3.63) is 82.7 Å². The predicted molar refractivity (Wildman–Crippen MR) is 156 cm³/mol. The van der Waals surface area contributed by atoms with Gasteiger partial charge in [-0.2, -0.15) is 4.98 Å². The number of aromatic nitrogens is 2. The molecule has 3 aliphatic heterocycles. The summed E-state index contributed by atoms with van der Waals surface area (Å²) in [7, 11) is 3.78. The standard InChI is InChI=1S/C33H34N4O4/c1-21-16-25(31-34-30(19-39-3)41-35-31)8-9-26(21)22-4-6-23(7-5-22)32(38)37-13-10-24-17-29-27(18-28(24)37)33(20-40-29)11-14-36(2)15-12-33/h4-9,16-18H,10-15,19-20H2,1-3H3. The minimum absolute atomic E-state index is 0.0441. The summed E-state index contributed by atoms with van der Waals surface area (Å²) in [6, 6.07) is 18.5. The number of ether oxygens (including phenoxy) is 2. The van der Waals surface area contributed by atoms with Crippen molar-refractivity contribution >= 4 is 11.6 Å². The Labute approximate surface area is 239 Å². The highest BCUT2D eigenvalue weighted by atomic mass is 16.5. The van der Waals surface area contributed by atoms with Crippen molar-refractivity contribution in [2.45, 2.75) is 38.2 Å². The molecule has 1 aromatic heterocycles. The van der Waals surface area contributed by atoms with Crippen LogP contribution in [0.25, 0.3) is 22.5 Å². The van der Waals surface area contributed by atoms with E-state index in [9.17, 15) is 4.79 Å².